The summed E-state index contributed by atoms with van der Waals surface area (Å²) in [6.45, 7) is 7.32. The average Bonchev–Trinajstić information content (AvgIpc) is 3.15. The van der Waals surface area contributed by atoms with E-state index in [1.807, 2.05) is 50.2 Å². The highest BCUT2D eigenvalue weighted by Crippen LogP contribution is 2.49. The molecule has 0 fully saturated rings. The second kappa shape index (κ2) is 8.06. The number of anilines is 1. The van der Waals surface area contributed by atoms with Gasteiger partial charge in [-0.1, -0.05) is 30.4 Å². The summed E-state index contributed by atoms with van der Waals surface area (Å²) in [5.41, 5.74) is 13.0. The molecule has 4 rings (SSSR count). The van der Waals surface area contributed by atoms with E-state index in [2.05, 4.69) is 6.58 Å². The summed E-state index contributed by atoms with van der Waals surface area (Å²) in [5, 5.41) is 10.6. The molecule has 2 aromatic rings. The van der Waals surface area contributed by atoms with E-state index in [1.165, 1.54) is 17.2 Å². The number of amides is 2. The number of likely N-dealkylation sites (N-methyl/N-ethyl adjacent to an activating group) is 1. The number of carbonyl (C=O) groups is 2. The van der Waals surface area contributed by atoms with E-state index >= 15 is 0 Å². The fourth-order valence-electron chi connectivity index (χ4n) is 5.11. The number of carbonyl (C=O) groups excluding carboxylic acids is 2. The van der Waals surface area contributed by atoms with E-state index in [4.69, 9.17) is 5.73 Å². The zero-order valence-corrected chi connectivity index (χ0v) is 18.9. The summed E-state index contributed by atoms with van der Waals surface area (Å²) in [4.78, 5) is 25.9. The molecule has 0 saturated heterocycles. The molecule has 2 aliphatic carbocycles. The monoisotopic (exact) mass is 430 g/mol. The normalized spacial score (nSPS) is 17.6. The van der Waals surface area contributed by atoms with Crippen molar-refractivity contribution in [3.63, 3.8) is 0 Å². The predicted octanol–water partition coefficient (Wildman–Crippen LogP) is 4.48. The van der Waals surface area contributed by atoms with Gasteiger partial charge in [-0.05, 0) is 97.6 Å². The number of hydrogen-bond acceptors (Lipinski definition) is 3. The first kappa shape index (κ1) is 22.0. The second-order valence-corrected chi connectivity index (χ2v) is 9.38. The molecule has 0 radical (unpaired) electrons. The topological polar surface area (TPSA) is 83.6 Å². The van der Waals surface area contributed by atoms with Crippen LogP contribution in [0, 0.1) is 5.92 Å². The lowest BCUT2D eigenvalue weighted by atomic mass is 9.76. The van der Waals surface area contributed by atoms with Crippen LogP contribution >= 0.6 is 0 Å². The molecule has 0 bridgehead atoms. The first-order valence-corrected chi connectivity index (χ1v) is 11.0. The minimum absolute atomic E-state index is 0.175. The fourth-order valence-corrected chi connectivity index (χ4v) is 5.11. The molecule has 0 heterocycles. The van der Waals surface area contributed by atoms with Crippen LogP contribution in [0.1, 0.15) is 54.6 Å². The molecule has 1 unspecified atom stereocenters. The number of hydrogen-bond donors (Lipinski definition) is 2. The van der Waals surface area contributed by atoms with Gasteiger partial charge in [-0.2, -0.15) is 0 Å². The van der Waals surface area contributed by atoms with E-state index in [9.17, 15) is 14.7 Å². The van der Waals surface area contributed by atoms with Crippen molar-refractivity contribution in [3.8, 4) is 11.1 Å². The lowest BCUT2D eigenvalue weighted by Crippen LogP contribution is -2.32. The first-order chi connectivity index (χ1) is 15.1. The van der Waals surface area contributed by atoms with Crippen LogP contribution in [0.5, 0.6) is 0 Å². The van der Waals surface area contributed by atoms with Crippen LogP contribution in [-0.2, 0) is 11.2 Å². The number of primary amides is 1. The van der Waals surface area contributed by atoms with Gasteiger partial charge in [0.05, 0.1) is 5.60 Å². The van der Waals surface area contributed by atoms with Gasteiger partial charge in [-0.3, -0.25) is 9.59 Å². The van der Waals surface area contributed by atoms with Crippen molar-refractivity contribution in [2.24, 2.45) is 11.7 Å². The molecule has 2 aliphatic rings. The Morgan fingerprint density at radius 1 is 1.25 bits per heavy atom. The van der Waals surface area contributed by atoms with Crippen molar-refractivity contribution < 1.29 is 14.7 Å². The van der Waals surface area contributed by atoms with Crippen LogP contribution in [0.4, 0.5) is 5.69 Å². The standard InChI is InChI=1S/C27H30N2O3/c1-5-24(30)29(4)19-8-6-7-16(14-19)20-11-12-22(26(28)31)23-15-17-13-18(27(2,3)32)9-10-21(17)25(20)23/h5-8,11-12,14,18,32H,1,9-10,13,15H2,2-4H3,(H2,28,31). The Balaban J connectivity index is 1.83. The largest absolute Gasteiger partial charge is 0.390 e. The zero-order chi connectivity index (χ0) is 23.2. The number of fused-ring (bicyclic) bond motifs is 2. The SMILES string of the molecule is C=CC(=O)N(C)c1cccc(-c2ccc(C(N)=O)c3c2C2=C(C3)CC(C(C)(C)O)CC2)c1. The smallest absolute Gasteiger partial charge is 0.250 e. The maximum Gasteiger partial charge on any atom is 0.250 e. The van der Waals surface area contributed by atoms with Crippen LogP contribution in [0.15, 0.2) is 54.6 Å². The van der Waals surface area contributed by atoms with Gasteiger partial charge in [0.2, 0.25) is 11.8 Å². The van der Waals surface area contributed by atoms with Crippen LogP contribution in [0.2, 0.25) is 0 Å². The van der Waals surface area contributed by atoms with Crippen molar-refractivity contribution >= 4 is 23.1 Å². The lowest BCUT2D eigenvalue weighted by molar-refractivity contribution is -0.113. The van der Waals surface area contributed by atoms with Gasteiger partial charge in [0.25, 0.3) is 0 Å². The Morgan fingerprint density at radius 2 is 2.00 bits per heavy atom. The molecule has 2 aromatic carbocycles. The van der Waals surface area contributed by atoms with Gasteiger partial charge in [-0.25, -0.2) is 0 Å². The Hall–Kier alpha value is -3.18. The maximum atomic E-state index is 12.2. The first-order valence-electron chi connectivity index (χ1n) is 11.0. The van der Waals surface area contributed by atoms with E-state index < -0.39 is 11.5 Å². The van der Waals surface area contributed by atoms with Crippen molar-refractivity contribution in [1.82, 2.24) is 0 Å². The van der Waals surface area contributed by atoms with Gasteiger partial charge >= 0.3 is 0 Å². The molecule has 3 N–H and O–H groups in total. The molecular formula is C27H30N2O3. The Kier molecular flexibility index (Phi) is 5.55. The summed E-state index contributed by atoms with van der Waals surface area (Å²) >= 11 is 0. The molecule has 1 atom stereocenters. The number of aliphatic hydroxyl groups is 1. The quantitative estimate of drug-likeness (QED) is 0.686. The molecule has 5 heteroatoms. The van der Waals surface area contributed by atoms with Crippen molar-refractivity contribution in [3.05, 3.63) is 71.3 Å². The number of rotatable bonds is 5. The molecule has 2 amide bonds. The molecule has 0 aromatic heterocycles. The van der Waals surface area contributed by atoms with Crippen LogP contribution < -0.4 is 10.6 Å². The van der Waals surface area contributed by atoms with E-state index in [0.29, 0.717) is 12.0 Å². The third-order valence-corrected chi connectivity index (χ3v) is 6.98. The Bertz CT molecular complexity index is 1150. The molecule has 0 aliphatic heterocycles. The van der Waals surface area contributed by atoms with Crippen LogP contribution in [0.25, 0.3) is 16.7 Å². The van der Waals surface area contributed by atoms with Gasteiger partial charge in [-0.15, -0.1) is 0 Å². The third kappa shape index (κ3) is 3.78. The highest BCUT2D eigenvalue weighted by molar-refractivity contribution is 6.02. The number of nitrogens with two attached hydrogens (primary N) is 1. The number of nitrogens with zero attached hydrogens (tertiary/aromatic N) is 1. The maximum absolute atomic E-state index is 12.2. The van der Waals surface area contributed by atoms with Crippen molar-refractivity contribution in [1.29, 1.82) is 0 Å². The lowest BCUT2D eigenvalue weighted by Gasteiger charge is -2.33. The minimum atomic E-state index is -0.737. The van der Waals surface area contributed by atoms with Crippen molar-refractivity contribution in [2.45, 2.75) is 45.1 Å². The van der Waals surface area contributed by atoms with Crippen LogP contribution in [0.3, 0.4) is 0 Å². The summed E-state index contributed by atoms with van der Waals surface area (Å²) < 4.78 is 0. The molecule has 5 nitrogen and oxygen atoms in total. The van der Waals surface area contributed by atoms with Gasteiger partial charge in [0.15, 0.2) is 0 Å². The van der Waals surface area contributed by atoms with Gasteiger partial charge in [0.1, 0.15) is 0 Å². The van der Waals surface area contributed by atoms with E-state index in [0.717, 1.165) is 47.2 Å². The molecular weight excluding hydrogens is 400 g/mol. The second-order valence-electron chi connectivity index (χ2n) is 9.38. The van der Waals surface area contributed by atoms with Crippen molar-refractivity contribution in [2.75, 3.05) is 11.9 Å². The summed E-state index contributed by atoms with van der Waals surface area (Å²) in [5.74, 6) is -0.402. The third-order valence-electron chi connectivity index (χ3n) is 6.98. The number of allylic oxidation sites excluding steroid dienone is 2. The van der Waals surface area contributed by atoms with Gasteiger partial charge < -0.3 is 15.7 Å². The highest BCUT2D eigenvalue weighted by atomic mass is 16.3. The Morgan fingerprint density at radius 3 is 2.66 bits per heavy atom. The molecule has 0 saturated carbocycles. The predicted molar refractivity (Wildman–Crippen MR) is 128 cm³/mol. The minimum Gasteiger partial charge on any atom is -0.390 e. The summed E-state index contributed by atoms with van der Waals surface area (Å²) in [7, 11) is 1.72. The number of benzene rings is 2. The molecule has 166 valence electrons. The van der Waals surface area contributed by atoms with Gasteiger partial charge in [0, 0.05) is 18.3 Å². The van der Waals surface area contributed by atoms with E-state index in [-0.39, 0.29) is 11.8 Å². The van der Waals surface area contributed by atoms with Crippen LogP contribution in [-0.4, -0.2) is 29.6 Å². The molecule has 32 heavy (non-hydrogen) atoms. The molecule has 0 spiro atoms. The summed E-state index contributed by atoms with van der Waals surface area (Å²) in [6, 6.07) is 11.6. The average molecular weight is 431 g/mol. The zero-order valence-electron chi connectivity index (χ0n) is 18.9. The van der Waals surface area contributed by atoms with E-state index in [1.54, 1.807) is 11.9 Å². The Labute approximate surface area is 189 Å². The summed E-state index contributed by atoms with van der Waals surface area (Å²) in [6.07, 6.45) is 4.57. The fraction of sp³-hybridized carbons (Fsp3) is 0.333. The highest BCUT2D eigenvalue weighted by Gasteiger charge is 2.37.